The maximum absolute atomic E-state index is 5.25. The van der Waals surface area contributed by atoms with Gasteiger partial charge < -0.3 is 4.74 Å². The predicted octanol–water partition coefficient (Wildman–Crippen LogP) is 0.340. The number of hydrogen-bond acceptors (Lipinski definition) is 2. The summed E-state index contributed by atoms with van der Waals surface area (Å²) in [5.74, 6) is 2.64. The monoisotopic (exact) mass is 139 g/mol. The molecule has 1 saturated heterocycles. The molecule has 0 aromatic carbocycles. The quantitative estimate of drug-likeness (QED) is 0.486. The number of rotatable bonds is 1. The third-order valence-corrected chi connectivity index (χ3v) is 1.80. The molecular weight excluding hydrogens is 126 g/mol. The zero-order chi connectivity index (χ0) is 7.40. The molecule has 0 spiro atoms. The van der Waals surface area contributed by atoms with Crippen LogP contribution >= 0.6 is 0 Å². The van der Waals surface area contributed by atoms with E-state index in [0.29, 0.717) is 6.04 Å². The summed E-state index contributed by atoms with van der Waals surface area (Å²) >= 11 is 0. The van der Waals surface area contributed by atoms with Crippen molar-refractivity contribution in [2.45, 2.75) is 13.0 Å². The molecule has 0 unspecified atom stereocenters. The summed E-state index contributed by atoms with van der Waals surface area (Å²) in [5, 5.41) is 0. The molecule has 1 aliphatic heterocycles. The second kappa shape index (κ2) is 3.60. The smallest absolute Gasteiger partial charge is 0.0620 e. The zero-order valence-electron chi connectivity index (χ0n) is 6.34. The Kier molecular flexibility index (Phi) is 2.73. The van der Waals surface area contributed by atoms with Gasteiger partial charge in [0.25, 0.3) is 0 Å². The van der Waals surface area contributed by atoms with Crippen molar-refractivity contribution < 1.29 is 4.74 Å². The predicted molar refractivity (Wildman–Crippen MR) is 40.7 cm³/mol. The molecule has 0 aromatic heterocycles. The first-order valence-electron chi connectivity index (χ1n) is 3.60. The Labute approximate surface area is 62.2 Å². The third kappa shape index (κ3) is 1.73. The summed E-state index contributed by atoms with van der Waals surface area (Å²) in [6, 6.07) is 0.491. The zero-order valence-corrected chi connectivity index (χ0v) is 6.34. The van der Waals surface area contributed by atoms with Gasteiger partial charge in [-0.1, -0.05) is 5.92 Å². The lowest BCUT2D eigenvalue weighted by Crippen LogP contribution is -2.43. The van der Waals surface area contributed by atoms with Crippen molar-refractivity contribution in [1.29, 1.82) is 0 Å². The van der Waals surface area contributed by atoms with Gasteiger partial charge in [-0.2, -0.15) is 0 Å². The van der Waals surface area contributed by atoms with Gasteiger partial charge in [0, 0.05) is 12.6 Å². The van der Waals surface area contributed by atoms with Crippen LogP contribution in [0.5, 0.6) is 0 Å². The number of nitrogens with zero attached hydrogens (tertiary/aromatic N) is 1. The largest absolute Gasteiger partial charge is 0.379 e. The highest BCUT2D eigenvalue weighted by Crippen LogP contribution is 2.03. The molecule has 0 amide bonds. The van der Waals surface area contributed by atoms with E-state index in [9.17, 15) is 0 Å². The van der Waals surface area contributed by atoms with Gasteiger partial charge in [-0.25, -0.2) is 0 Å². The fraction of sp³-hybridized carbons (Fsp3) is 0.750. The van der Waals surface area contributed by atoms with Crippen LogP contribution in [0.1, 0.15) is 6.92 Å². The van der Waals surface area contributed by atoms with Gasteiger partial charge in [0.05, 0.1) is 19.8 Å². The summed E-state index contributed by atoms with van der Waals surface area (Å²) < 4.78 is 5.25. The molecule has 56 valence electrons. The Bertz CT molecular complexity index is 139. The lowest BCUT2D eigenvalue weighted by molar-refractivity contribution is 0.00656. The van der Waals surface area contributed by atoms with Gasteiger partial charge >= 0.3 is 0 Å². The van der Waals surface area contributed by atoms with Crippen molar-refractivity contribution in [1.82, 2.24) is 4.90 Å². The maximum atomic E-state index is 5.25. The molecule has 0 aliphatic carbocycles. The molecule has 1 fully saturated rings. The van der Waals surface area contributed by atoms with E-state index in [4.69, 9.17) is 11.2 Å². The van der Waals surface area contributed by atoms with Gasteiger partial charge in [0.2, 0.25) is 0 Å². The van der Waals surface area contributed by atoms with Crippen molar-refractivity contribution in [3.05, 3.63) is 0 Å². The van der Waals surface area contributed by atoms with E-state index in [1.54, 1.807) is 0 Å². The number of terminal acetylenes is 1. The van der Waals surface area contributed by atoms with Crippen LogP contribution in [0.2, 0.25) is 0 Å². The summed E-state index contributed by atoms with van der Waals surface area (Å²) in [6.07, 6.45) is 5.19. The Balaban J connectivity index is 2.34. The first-order chi connectivity index (χ1) is 4.84. The minimum atomic E-state index is 0.491. The fourth-order valence-electron chi connectivity index (χ4n) is 1.11. The van der Waals surface area contributed by atoms with Gasteiger partial charge in [-0.15, -0.1) is 6.42 Å². The van der Waals surface area contributed by atoms with Gasteiger partial charge in [-0.3, -0.25) is 4.90 Å². The molecule has 2 heteroatoms. The summed E-state index contributed by atoms with van der Waals surface area (Å²) in [7, 11) is 0. The van der Waals surface area contributed by atoms with Gasteiger partial charge in [0.1, 0.15) is 0 Å². The Morgan fingerprint density at radius 1 is 1.80 bits per heavy atom. The number of ether oxygens (including phenoxy) is 1. The molecular formula is C8H13NO. The third-order valence-electron chi connectivity index (χ3n) is 1.80. The highest BCUT2D eigenvalue weighted by molar-refractivity contribution is 4.90. The molecule has 0 saturated carbocycles. The van der Waals surface area contributed by atoms with E-state index < -0.39 is 0 Å². The van der Waals surface area contributed by atoms with E-state index >= 15 is 0 Å². The van der Waals surface area contributed by atoms with Crippen molar-refractivity contribution in [3.8, 4) is 12.3 Å². The molecule has 0 bridgehead atoms. The molecule has 0 radical (unpaired) electrons. The van der Waals surface area contributed by atoms with Crippen LogP contribution < -0.4 is 0 Å². The first-order valence-corrected chi connectivity index (χ1v) is 3.60. The Morgan fingerprint density at radius 3 is 3.20 bits per heavy atom. The minimum absolute atomic E-state index is 0.491. The summed E-state index contributed by atoms with van der Waals surface area (Å²) in [5.41, 5.74) is 0. The van der Waals surface area contributed by atoms with E-state index in [1.807, 2.05) is 0 Å². The first kappa shape index (κ1) is 7.59. The van der Waals surface area contributed by atoms with Crippen LogP contribution in [0.3, 0.4) is 0 Å². The lowest BCUT2D eigenvalue weighted by atomic mass is 10.2. The number of morpholine rings is 1. The van der Waals surface area contributed by atoms with E-state index in [1.165, 1.54) is 0 Å². The Morgan fingerprint density at radius 2 is 2.60 bits per heavy atom. The minimum Gasteiger partial charge on any atom is -0.379 e. The summed E-state index contributed by atoms with van der Waals surface area (Å²) in [4.78, 5) is 2.25. The van der Waals surface area contributed by atoms with Crippen molar-refractivity contribution in [3.63, 3.8) is 0 Å². The van der Waals surface area contributed by atoms with Crippen LogP contribution in [0.4, 0.5) is 0 Å². The summed E-state index contributed by atoms with van der Waals surface area (Å²) in [6.45, 7) is 5.51. The second-order valence-corrected chi connectivity index (χ2v) is 2.60. The molecule has 1 rings (SSSR count). The topological polar surface area (TPSA) is 12.5 Å². The van der Waals surface area contributed by atoms with E-state index in [-0.39, 0.29) is 0 Å². The average Bonchev–Trinajstić information content (AvgIpc) is 1.94. The van der Waals surface area contributed by atoms with Crippen LogP contribution in [-0.2, 0) is 4.74 Å². The molecule has 0 N–H and O–H groups in total. The molecule has 0 aromatic rings. The fourth-order valence-corrected chi connectivity index (χ4v) is 1.11. The SMILES string of the molecule is C#CCN1CCOC[C@H]1C. The second-order valence-electron chi connectivity index (χ2n) is 2.60. The maximum Gasteiger partial charge on any atom is 0.0620 e. The van der Waals surface area contributed by atoms with E-state index in [0.717, 1.165) is 26.3 Å². The molecule has 1 atom stereocenters. The van der Waals surface area contributed by atoms with Gasteiger partial charge in [-0.05, 0) is 6.92 Å². The molecule has 2 nitrogen and oxygen atoms in total. The van der Waals surface area contributed by atoms with Crippen molar-refractivity contribution in [2.24, 2.45) is 0 Å². The van der Waals surface area contributed by atoms with E-state index in [2.05, 4.69) is 17.7 Å². The van der Waals surface area contributed by atoms with Crippen LogP contribution in [0, 0.1) is 12.3 Å². The molecule has 10 heavy (non-hydrogen) atoms. The molecule has 1 heterocycles. The van der Waals surface area contributed by atoms with Crippen molar-refractivity contribution >= 4 is 0 Å². The highest BCUT2D eigenvalue weighted by atomic mass is 16.5. The van der Waals surface area contributed by atoms with Crippen molar-refractivity contribution in [2.75, 3.05) is 26.3 Å². The van der Waals surface area contributed by atoms with Crippen LogP contribution in [0.25, 0.3) is 0 Å². The average molecular weight is 139 g/mol. The van der Waals surface area contributed by atoms with Crippen LogP contribution in [-0.4, -0.2) is 37.2 Å². The van der Waals surface area contributed by atoms with Crippen LogP contribution in [0.15, 0.2) is 0 Å². The Hall–Kier alpha value is -0.520. The van der Waals surface area contributed by atoms with Gasteiger partial charge in [0.15, 0.2) is 0 Å². The normalized spacial score (nSPS) is 27.8. The molecule has 1 aliphatic rings. The lowest BCUT2D eigenvalue weighted by Gasteiger charge is -2.31. The highest BCUT2D eigenvalue weighted by Gasteiger charge is 2.16. The standard InChI is InChI=1S/C8H13NO/c1-3-4-9-5-6-10-7-8(9)2/h1,8H,4-7H2,2H3/t8-/m1/s1. The number of hydrogen-bond donors (Lipinski definition) is 0.